The minimum absolute atomic E-state index is 0.102. The van der Waals surface area contributed by atoms with E-state index in [0.717, 1.165) is 23.7 Å². The van der Waals surface area contributed by atoms with Gasteiger partial charge in [0.2, 0.25) is 0 Å². The molecular weight excluding hydrogens is 711 g/mol. The maximum absolute atomic E-state index is 2.78. The molecule has 6 aliphatic carbocycles. The van der Waals surface area contributed by atoms with E-state index in [1.54, 1.807) is 22.3 Å². The molecule has 59 heavy (non-hydrogen) atoms. The van der Waals surface area contributed by atoms with Crippen LogP contribution in [-0.4, -0.2) is 6.71 Å². The first-order valence-electron chi connectivity index (χ1n) is 22.7. The van der Waals surface area contributed by atoms with Crippen LogP contribution in [0.1, 0.15) is 73.6 Å². The van der Waals surface area contributed by atoms with Crippen molar-refractivity contribution in [1.29, 1.82) is 0 Å². The summed E-state index contributed by atoms with van der Waals surface area (Å²) in [5, 5.41) is 0. The first-order chi connectivity index (χ1) is 29.3. The average Bonchev–Trinajstić information content (AvgIpc) is 4.15. The van der Waals surface area contributed by atoms with E-state index in [1.165, 1.54) is 124 Å². The van der Waals surface area contributed by atoms with Crippen molar-refractivity contribution in [3.63, 3.8) is 0 Å². The third kappa shape index (κ3) is 3.64. The molecule has 0 radical (unpaired) electrons. The molecule has 7 aromatic rings. The first-order valence-corrected chi connectivity index (χ1v) is 22.7. The molecule has 2 spiro atoms. The number of nitrogens with zero attached hydrogens (tertiary/aromatic N) is 2. The highest BCUT2D eigenvalue weighted by Crippen LogP contribution is 2.70. The molecule has 4 bridgehead atoms. The number of hydrogen-bond donors (Lipinski definition) is 0. The first kappa shape index (κ1) is 32.1. The SMILES string of the molecule is c1ccc(N2c3cc4c(cc3B3c5cc6c(cc5N(c5ccccc5)c5cccc2c53)C2(c3ccccc3-6)C3CCC2CC3)C2(c3ccccc3-4)C3CCC2CC3)cc1. The van der Waals surface area contributed by atoms with Crippen molar-refractivity contribution in [3.8, 4) is 22.3 Å². The van der Waals surface area contributed by atoms with Crippen LogP contribution in [0.4, 0.5) is 34.1 Å². The van der Waals surface area contributed by atoms with E-state index >= 15 is 0 Å². The lowest BCUT2D eigenvalue weighted by Crippen LogP contribution is -2.61. The number of anilines is 6. The Kier molecular flexibility index (Phi) is 6.02. The Hall–Kier alpha value is -5.80. The Labute approximate surface area is 347 Å². The van der Waals surface area contributed by atoms with Gasteiger partial charge in [-0.25, -0.2) is 0 Å². The van der Waals surface area contributed by atoms with Gasteiger partial charge >= 0.3 is 0 Å². The predicted octanol–water partition coefficient (Wildman–Crippen LogP) is 11.9. The van der Waals surface area contributed by atoms with Gasteiger partial charge < -0.3 is 9.80 Å². The molecule has 0 saturated heterocycles. The Morgan fingerprint density at radius 1 is 0.356 bits per heavy atom. The summed E-state index contributed by atoms with van der Waals surface area (Å²) in [6, 6.07) is 59.6. The zero-order chi connectivity index (χ0) is 38.2. The standard InChI is InChI=1S/C56H45BN2/c1-3-12-38(13-4-1)58-50-20-11-21-51-54(50)57(49-32-46-43(31-52(49)58)41-17-8-10-19-45(41)55(46)34-22-23-35(55)25-24-34)48-30-42-40-16-7-9-18-44(40)56(36-26-27-37(56)29-28-36)47(42)33-53(48)59(51)39-14-5-2-6-15-39/h1-21,30-37H,22-29H2. The fraction of sp³-hybridized carbons (Fsp3) is 0.250. The van der Waals surface area contributed by atoms with Gasteiger partial charge in [0.25, 0.3) is 6.71 Å². The second-order valence-corrected chi connectivity index (χ2v) is 19.3. The molecule has 0 amide bonds. The van der Waals surface area contributed by atoms with Crippen LogP contribution in [0.25, 0.3) is 22.3 Å². The number of benzene rings is 7. The van der Waals surface area contributed by atoms with Crippen LogP contribution in [0.3, 0.4) is 0 Å². The van der Waals surface area contributed by atoms with Crippen LogP contribution in [-0.2, 0) is 10.8 Å². The smallest absolute Gasteiger partial charge is 0.252 e. The summed E-state index contributed by atoms with van der Waals surface area (Å²) in [6.45, 7) is 0.102. The summed E-state index contributed by atoms with van der Waals surface area (Å²) in [4.78, 5) is 5.26. The van der Waals surface area contributed by atoms with Crippen LogP contribution in [0.15, 0.2) is 152 Å². The van der Waals surface area contributed by atoms with E-state index in [-0.39, 0.29) is 17.5 Å². The van der Waals surface area contributed by atoms with Crippen LogP contribution in [0, 0.1) is 23.7 Å². The summed E-state index contributed by atoms with van der Waals surface area (Å²) in [5.74, 6) is 2.87. The van der Waals surface area contributed by atoms with E-state index < -0.39 is 0 Å². The zero-order valence-corrected chi connectivity index (χ0v) is 33.4. The Balaban J connectivity index is 1.07. The maximum atomic E-state index is 2.78. The number of hydrogen-bond acceptors (Lipinski definition) is 2. The molecule has 4 fully saturated rings. The quantitative estimate of drug-likeness (QED) is 0.162. The zero-order valence-electron chi connectivity index (χ0n) is 33.4. The molecule has 0 aromatic heterocycles. The van der Waals surface area contributed by atoms with Crippen LogP contribution in [0.5, 0.6) is 0 Å². The highest BCUT2D eigenvalue weighted by atomic mass is 15.2. The van der Waals surface area contributed by atoms with Gasteiger partial charge in [0.05, 0.1) is 0 Å². The molecule has 0 N–H and O–H groups in total. The van der Waals surface area contributed by atoms with E-state index in [9.17, 15) is 0 Å². The minimum atomic E-state index is 0.102. The molecule has 0 atom stereocenters. The predicted molar refractivity (Wildman–Crippen MR) is 244 cm³/mol. The summed E-state index contributed by atoms with van der Waals surface area (Å²) in [6.07, 6.45) is 10.8. The number of rotatable bonds is 2. The summed E-state index contributed by atoms with van der Waals surface area (Å²) in [7, 11) is 0. The van der Waals surface area contributed by atoms with Crippen molar-refractivity contribution in [2.75, 3.05) is 9.80 Å². The molecule has 2 heterocycles. The van der Waals surface area contributed by atoms with Gasteiger partial charge in [0, 0.05) is 45.0 Å². The second-order valence-electron chi connectivity index (χ2n) is 19.3. The molecule has 7 aromatic carbocycles. The molecule has 2 nitrogen and oxygen atoms in total. The van der Waals surface area contributed by atoms with Gasteiger partial charge in [-0.2, -0.15) is 0 Å². The third-order valence-corrected chi connectivity index (χ3v) is 17.5. The van der Waals surface area contributed by atoms with Crippen LogP contribution in [0.2, 0.25) is 0 Å². The van der Waals surface area contributed by atoms with E-state index in [0.29, 0.717) is 0 Å². The highest BCUT2D eigenvalue weighted by molar-refractivity contribution is 7.00. The highest BCUT2D eigenvalue weighted by Gasteiger charge is 2.62. The topological polar surface area (TPSA) is 6.48 Å². The van der Waals surface area contributed by atoms with E-state index in [2.05, 4.69) is 161 Å². The van der Waals surface area contributed by atoms with Crippen molar-refractivity contribution in [1.82, 2.24) is 0 Å². The fourth-order valence-corrected chi connectivity index (χ4v) is 15.7. The Bertz CT molecular complexity index is 2930. The van der Waals surface area contributed by atoms with E-state index in [4.69, 9.17) is 0 Å². The molecule has 8 aliphatic rings. The van der Waals surface area contributed by atoms with Crippen molar-refractivity contribution < 1.29 is 0 Å². The maximum Gasteiger partial charge on any atom is 0.252 e. The summed E-state index contributed by atoms with van der Waals surface area (Å²) in [5.41, 5.74) is 24.8. The molecule has 282 valence electrons. The molecule has 3 heteroatoms. The lowest BCUT2D eigenvalue weighted by atomic mass is 9.33. The van der Waals surface area contributed by atoms with Crippen molar-refractivity contribution in [2.24, 2.45) is 23.7 Å². The van der Waals surface area contributed by atoms with E-state index in [1.807, 2.05) is 0 Å². The van der Waals surface area contributed by atoms with Crippen molar-refractivity contribution in [3.05, 3.63) is 174 Å². The number of fused-ring (bicyclic) bond motifs is 10. The van der Waals surface area contributed by atoms with Gasteiger partial charge in [0.15, 0.2) is 0 Å². The Morgan fingerprint density at radius 2 is 0.780 bits per heavy atom. The minimum Gasteiger partial charge on any atom is -0.311 e. The number of para-hydroxylation sites is 2. The summed E-state index contributed by atoms with van der Waals surface area (Å²) < 4.78 is 0. The second kappa shape index (κ2) is 11.1. The van der Waals surface area contributed by atoms with Crippen molar-refractivity contribution >= 4 is 57.2 Å². The molecule has 15 rings (SSSR count). The van der Waals surface area contributed by atoms with Gasteiger partial charge in [-0.05, 0) is 184 Å². The lowest BCUT2D eigenvalue weighted by molar-refractivity contribution is 0.400. The molecule has 4 saturated carbocycles. The average molecular weight is 757 g/mol. The molecule has 0 unspecified atom stereocenters. The van der Waals surface area contributed by atoms with Crippen LogP contribution < -0.4 is 26.2 Å². The molecular formula is C56H45BN2. The lowest BCUT2D eigenvalue weighted by Gasteiger charge is -2.45. The van der Waals surface area contributed by atoms with Gasteiger partial charge in [-0.15, -0.1) is 0 Å². The van der Waals surface area contributed by atoms with Crippen LogP contribution >= 0.6 is 0 Å². The largest absolute Gasteiger partial charge is 0.311 e. The fourth-order valence-electron chi connectivity index (χ4n) is 15.7. The van der Waals surface area contributed by atoms with Gasteiger partial charge in [0.1, 0.15) is 0 Å². The van der Waals surface area contributed by atoms with Gasteiger partial charge in [-0.1, -0.05) is 103 Å². The third-order valence-electron chi connectivity index (χ3n) is 17.5. The Morgan fingerprint density at radius 3 is 1.31 bits per heavy atom. The summed E-state index contributed by atoms with van der Waals surface area (Å²) >= 11 is 0. The van der Waals surface area contributed by atoms with Crippen molar-refractivity contribution in [2.45, 2.75) is 62.2 Å². The van der Waals surface area contributed by atoms with Gasteiger partial charge in [-0.3, -0.25) is 0 Å². The normalized spacial score (nSPS) is 27.5. The molecule has 2 aliphatic heterocycles. The monoisotopic (exact) mass is 756 g/mol.